The highest BCUT2D eigenvalue weighted by Gasteiger charge is 2.11. The van der Waals surface area contributed by atoms with Crippen LogP contribution in [0.5, 0.6) is 0 Å². The summed E-state index contributed by atoms with van der Waals surface area (Å²) in [6, 6.07) is 1.15. The monoisotopic (exact) mass is 205 g/mol. The SMILES string of the molecule is CC(O)CNc1c(F)cc(F)cc1F. The van der Waals surface area contributed by atoms with Crippen LogP contribution in [0.4, 0.5) is 18.9 Å². The largest absolute Gasteiger partial charge is 0.392 e. The molecular weight excluding hydrogens is 195 g/mol. The zero-order chi connectivity index (χ0) is 10.7. The Morgan fingerprint density at radius 3 is 2.21 bits per heavy atom. The molecule has 1 atom stereocenters. The number of hydrogen-bond acceptors (Lipinski definition) is 2. The Balaban J connectivity index is 2.86. The molecular formula is C9H10F3NO. The van der Waals surface area contributed by atoms with Gasteiger partial charge >= 0.3 is 0 Å². The third-order valence-electron chi connectivity index (χ3n) is 1.58. The van der Waals surface area contributed by atoms with Gasteiger partial charge in [-0.15, -0.1) is 0 Å². The Bertz CT molecular complexity index is 305. The first-order valence-electron chi connectivity index (χ1n) is 4.07. The van der Waals surface area contributed by atoms with Gasteiger partial charge in [0.1, 0.15) is 11.5 Å². The topological polar surface area (TPSA) is 32.3 Å². The van der Waals surface area contributed by atoms with Gasteiger partial charge in [0.15, 0.2) is 11.6 Å². The number of aliphatic hydroxyl groups is 1. The van der Waals surface area contributed by atoms with Crippen LogP contribution in [0.25, 0.3) is 0 Å². The summed E-state index contributed by atoms with van der Waals surface area (Å²) in [5.74, 6) is -2.99. The lowest BCUT2D eigenvalue weighted by molar-refractivity contribution is 0.208. The molecule has 5 heteroatoms. The molecule has 78 valence electrons. The molecule has 0 bridgehead atoms. The summed E-state index contributed by atoms with van der Waals surface area (Å²) >= 11 is 0. The first kappa shape index (κ1) is 10.8. The van der Waals surface area contributed by atoms with Crippen molar-refractivity contribution >= 4 is 5.69 Å². The summed E-state index contributed by atoms with van der Waals surface area (Å²) < 4.78 is 38.3. The number of hydrogen-bond donors (Lipinski definition) is 2. The fourth-order valence-electron chi connectivity index (χ4n) is 0.961. The number of rotatable bonds is 3. The Morgan fingerprint density at radius 2 is 1.79 bits per heavy atom. The zero-order valence-electron chi connectivity index (χ0n) is 7.52. The van der Waals surface area contributed by atoms with Crippen molar-refractivity contribution in [2.45, 2.75) is 13.0 Å². The molecule has 0 aliphatic rings. The summed E-state index contributed by atoms with van der Waals surface area (Å²) in [4.78, 5) is 0. The van der Waals surface area contributed by atoms with Crippen molar-refractivity contribution in [3.05, 3.63) is 29.6 Å². The van der Waals surface area contributed by atoms with Gasteiger partial charge in [-0.1, -0.05) is 0 Å². The second-order valence-electron chi connectivity index (χ2n) is 2.97. The normalized spacial score (nSPS) is 12.6. The molecule has 0 aromatic heterocycles. The van der Waals surface area contributed by atoms with E-state index in [2.05, 4.69) is 5.32 Å². The predicted molar refractivity (Wildman–Crippen MR) is 46.5 cm³/mol. The van der Waals surface area contributed by atoms with E-state index in [-0.39, 0.29) is 6.54 Å². The number of halogens is 3. The number of benzene rings is 1. The van der Waals surface area contributed by atoms with Crippen LogP contribution in [-0.4, -0.2) is 17.8 Å². The Labute approximate surface area is 79.4 Å². The first-order valence-corrected chi connectivity index (χ1v) is 4.07. The molecule has 0 aliphatic heterocycles. The summed E-state index contributed by atoms with van der Waals surface area (Å²) in [5.41, 5.74) is -0.424. The second-order valence-corrected chi connectivity index (χ2v) is 2.97. The van der Waals surface area contributed by atoms with E-state index >= 15 is 0 Å². The van der Waals surface area contributed by atoms with Gasteiger partial charge in [-0.25, -0.2) is 13.2 Å². The molecule has 0 saturated carbocycles. The van der Waals surface area contributed by atoms with Crippen molar-refractivity contribution in [2.24, 2.45) is 0 Å². The number of nitrogens with one attached hydrogen (secondary N) is 1. The third-order valence-corrected chi connectivity index (χ3v) is 1.58. The van der Waals surface area contributed by atoms with Gasteiger partial charge in [0.25, 0.3) is 0 Å². The standard InChI is InChI=1S/C9H10F3NO/c1-5(14)4-13-9-7(11)2-6(10)3-8(9)12/h2-3,5,13-14H,4H2,1H3. The molecule has 1 aromatic rings. The molecule has 0 amide bonds. The van der Waals surface area contributed by atoms with E-state index in [0.717, 1.165) is 0 Å². The van der Waals surface area contributed by atoms with Crippen molar-refractivity contribution in [3.8, 4) is 0 Å². The van der Waals surface area contributed by atoms with Crippen LogP contribution in [0.15, 0.2) is 12.1 Å². The Hall–Kier alpha value is -1.23. The fraction of sp³-hybridized carbons (Fsp3) is 0.333. The molecule has 2 N–H and O–H groups in total. The molecule has 0 fully saturated rings. The van der Waals surface area contributed by atoms with Crippen LogP contribution in [0.1, 0.15) is 6.92 Å². The van der Waals surface area contributed by atoms with E-state index in [1.807, 2.05) is 0 Å². The van der Waals surface area contributed by atoms with E-state index in [4.69, 9.17) is 5.11 Å². The first-order chi connectivity index (χ1) is 6.50. The maximum Gasteiger partial charge on any atom is 0.152 e. The minimum Gasteiger partial charge on any atom is -0.392 e. The van der Waals surface area contributed by atoms with E-state index in [1.165, 1.54) is 6.92 Å². The van der Waals surface area contributed by atoms with Crippen molar-refractivity contribution in [1.82, 2.24) is 0 Å². The van der Waals surface area contributed by atoms with Gasteiger partial charge in [0.05, 0.1) is 6.10 Å². The zero-order valence-corrected chi connectivity index (χ0v) is 7.52. The van der Waals surface area contributed by atoms with E-state index in [1.54, 1.807) is 0 Å². The minimum atomic E-state index is -1.01. The van der Waals surface area contributed by atoms with Crippen LogP contribution in [-0.2, 0) is 0 Å². The number of anilines is 1. The third kappa shape index (κ3) is 2.63. The fourth-order valence-corrected chi connectivity index (χ4v) is 0.961. The van der Waals surface area contributed by atoms with Crippen molar-refractivity contribution in [2.75, 3.05) is 11.9 Å². The van der Waals surface area contributed by atoms with Crippen molar-refractivity contribution in [3.63, 3.8) is 0 Å². The molecule has 0 spiro atoms. The maximum absolute atomic E-state index is 12.9. The van der Waals surface area contributed by atoms with Gasteiger partial charge in [-0.05, 0) is 6.92 Å². The highest BCUT2D eigenvalue weighted by molar-refractivity contribution is 5.46. The summed E-state index contributed by atoms with van der Waals surface area (Å²) in [5, 5.41) is 11.2. The highest BCUT2D eigenvalue weighted by Crippen LogP contribution is 2.19. The summed E-state index contributed by atoms with van der Waals surface area (Å²) in [7, 11) is 0. The Morgan fingerprint density at radius 1 is 1.29 bits per heavy atom. The van der Waals surface area contributed by atoms with Crippen LogP contribution in [0.3, 0.4) is 0 Å². The lowest BCUT2D eigenvalue weighted by Crippen LogP contribution is -2.17. The molecule has 2 nitrogen and oxygen atoms in total. The molecule has 14 heavy (non-hydrogen) atoms. The average Bonchev–Trinajstić information content (AvgIpc) is 2.01. The lowest BCUT2D eigenvalue weighted by Gasteiger charge is -2.10. The molecule has 0 aliphatic carbocycles. The smallest absolute Gasteiger partial charge is 0.152 e. The van der Waals surface area contributed by atoms with Crippen LogP contribution >= 0.6 is 0 Å². The van der Waals surface area contributed by atoms with Gasteiger partial charge in [0, 0.05) is 18.7 Å². The molecule has 1 aromatic carbocycles. The van der Waals surface area contributed by atoms with Gasteiger partial charge in [-0.2, -0.15) is 0 Å². The lowest BCUT2D eigenvalue weighted by atomic mass is 10.2. The van der Waals surface area contributed by atoms with Gasteiger partial charge in [-0.3, -0.25) is 0 Å². The summed E-state index contributed by atoms with van der Waals surface area (Å²) in [6.45, 7) is 1.46. The van der Waals surface area contributed by atoms with E-state index < -0.39 is 29.2 Å². The highest BCUT2D eigenvalue weighted by atomic mass is 19.1. The number of aliphatic hydroxyl groups excluding tert-OH is 1. The van der Waals surface area contributed by atoms with E-state index in [0.29, 0.717) is 12.1 Å². The van der Waals surface area contributed by atoms with Gasteiger partial charge in [0.2, 0.25) is 0 Å². The molecule has 1 unspecified atom stereocenters. The minimum absolute atomic E-state index is 0.000523. The molecule has 0 saturated heterocycles. The summed E-state index contributed by atoms with van der Waals surface area (Å²) in [6.07, 6.45) is -0.737. The van der Waals surface area contributed by atoms with Crippen LogP contribution < -0.4 is 5.32 Å². The van der Waals surface area contributed by atoms with Crippen molar-refractivity contribution in [1.29, 1.82) is 0 Å². The van der Waals surface area contributed by atoms with Crippen molar-refractivity contribution < 1.29 is 18.3 Å². The molecule has 0 heterocycles. The van der Waals surface area contributed by atoms with Crippen LogP contribution in [0, 0.1) is 17.5 Å². The molecule has 1 rings (SSSR count). The second kappa shape index (κ2) is 4.32. The predicted octanol–water partition coefficient (Wildman–Crippen LogP) is 1.90. The average molecular weight is 205 g/mol. The quantitative estimate of drug-likeness (QED) is 0.789. The van der Waals surface area contributed by atoms with Crippen LogP contribution in [0.2, 0.25) is 0 Å². The maximum atomic E-state index is 12.9. The Kier molecular flexibility index (Phi) is 3.35. The van der Waals surface area contributed by atoms with Gasteiger partial charge < -0.3 is 10.4 Å². The van der Waals surface area contributed by atoms with E-state index in [9.17, 15) is 13.2 Å². The molecule has 0 radical (unpaired) electrons.